The van der Waals surface area contributed by atoms with Gasteiger partial charge in [-0.15, -0.1) is 0 Å². The molecule has 0 aliphatic heterocycles. The summed E-state index contributed by atoms with van der Waals surface area (Å²) in [4.78, 5) is 23.3. The molecule has 3 aromatic heterocycles. The van der Waals surface area contributed by atoms with E-state index >= 15 is 0 Å². The summed E-state index contributed by atoms with van der Waals surface area (Å²) in [5.41, 5.74) is 8.24. The van der Waals surface area contributed by atoms with E-state index in [1.54, 1.807) is 29.3 Å². The molecule has 0 bridgehead atoms. The molecular weight excluding hydrogens is 334 g/mol. The lowest BCUT2D eigenvalue weighted by Crippen LogP contribution is -2.35. The molecule has 0 fully saturated rings. The second-order valence-electron chi connectivity index (χ2n) is 5.69. The predicted octanol–water partition coefficient (Wildman–Crippen LogP) is 0.864. The molecule has 0 saturated heterocycles. The van der Waals surface area contributed by atoms with Crippen molar-refractivity contribution in [2.45, 2.75) is 13.0 Å². The number of nitrogens with zero attached hydrogens (tertiary/aromatic N) is 6. The average molecular weight is 353 g/mol. The Morgan fingerprint density at radius 1 is 1.27 bits per heavy atom. The third kappa shape index (κ3) is 3.44. The highest BCUT2D eigenvalue weighted by atomic mass is 16.1. The maximum Gasteiger partial charge on any atom is 0.212 e. The van der Waals surface area contributed by atoms with Gasteiger partial charge in [-0.25, -0.2) is 20.8 Å². The highest BCUT2D eigenvalue weighted by Gasteiger charge is 2.19. The molecule has 26 heavy (non-hydrogen) atoms. The van der Waals surface area contributed by atoms with E-state index in [4.69, 9.17) is 11.6 Å². The molecule has 0 aliphatic carbocycles. The topological polar surface area (TPSA) is 141 Å². The summed E-state index contributed by atoms with van der Waals surface area (Å²) in [5.74, 6) is 7.28. The maximum atomic E-state index is 10.5. The fraction of sp³-hybridized carbons (Fsp3) is 0.188. The van der Waals surface area contributed by atoms with Crippen molar-refractivity contribution < 1.29 is 4.79 Å². The van der Waals surface area contributed by atoms with Gasteiger partial charge >= 0.3 is 0 Å². The first-order valence-electron chi connectivity index (χ1n) is 7.81. The van der Waals surface area contributed by atoms with Crippen LogP contribution in [0, 0.1) is 0 Å². The quantitative estimate of drug-likeness (QED) is 0.337. The molecule has 0 radical (unpaired) electrons. The molecule has 0 aromatic carbocycles. The number of hydrogen-bond donors (Lipinski definition) is 3. The van der Waals surface area contributed by atoms with Gasteiger partial charge in [-0.2, -0.15) is 5.10 Å². The largest absolute Gasteiger partial charge is 0.381 e. The molecule has 1 unspecified atom stereocenters. The summed E-state index contributed by atoms with van der Waals surface area (Å²) in [5, 5.41) is 8.05. The van der Waals surface area contributed by atoms with Gasteiger partial charge in [0.2, 0.25) is 6.41 Å². The molecule has 1 atom stereocenters. The van der Waals surface area contributed by atoms with Gasteiger partial charge in [0, 0.05) is 25.0 Å². The number of aromatic nitrogens is 5. The Kier molecular flexibility index (Phi) is 4.76. The van der Waals surface area contributed by atoms with Gasteiger partial charge in [0.25, 0.3) is 0 Å². The molecule has 5 N–H and O–H groups in total. The van der Waals surface area contributed by atoms with Crippen LogP contribution >= 0.6 is 0 Å². The lowest BCUT2D eigenvalue weighted by atomic mass is 10.1. The molecule has 134 valence electrons. The predicted molar refractivity (Wildman–Crippen MR) is 97.7 cm³/mol. The first-order chi connectivity index (χ1) is 12.5. The second kappa shape index (κ2) is 7.15. The van der Waals surface area contributed by atoms with Gasteiger partial charge in [0.05, 0.1) is 24.1 Å². The molecule has 0 saturated carbocycles. The zero-order chi connectivity index (χ0) is 18.7. The van der Waals surface area contributed by atoms with Crippen molar-refractivity contribution in [3.63, 3.8) is 0 Å². The SMILES string of the molecule is CC(c1ccc(NC=O)nc1)N(N)c1nc(-c2cnn(C)c2)cnc1N. The number of anilines is 3. The van der Waals surface area contributed by atoms with Crippen molar-refractivity contribution in [1.29, 1.82) is 0 Å². The number of hydrazine groups is 1. The second-order valence-corrected chi connectivity index (χ2v) is 5.69. The zero-order valence-electron chi connectivity index (χ0n) is 14.4. The van der Waals surface area contributed by atoms with Crippen LogP contribution in [0.1, 0.15) is 18.5 Å². The van der Waals surface area contributed by atoms with E-state index in [1.165, 1.54) is 5.01 Å². The number of hydrogen-bond acceptors (Lipinski definition) is 8. The molecule has 0 aliphatic rings. The third-order valence-electron chi connectivity index (χ3n) is 3.92. The summed E-state index contributed by atoms with van der Waals surface area (Å²) in [6.07, 6.45) is 7.30. The summed E-state index contributed by atoms with van der Waals surface area (Å²) in [6.45, 7) is 1.89. The normalized spacial score (nSPS) is 11.8. The van der Waals surface area contributed by atoms with Crippen LogP contribution in [0.3, 0.4) is 0 Å². The van der Waals surface area contributed by atoms with Crippen LogP contribution in [0.15, 0.2) is 36.9 Å². The molecular formula is C16H19N9O. The van der Waals surface area contributed by atoms with E-state index in [-0.39, 0.29) is 11.9 Å². The van der Waals surface area contributed by atoms with E-state index < -0.39 is 0 Å². The number of nitrogens with two attached hydrogens (primary N) is 2. The zero-order valence-corrected chi connectivity index (χ0v) is 14.4. The fourth-order valence-electron chi connectivity index (χ4n) is 2.41. The minimum Gasteiger partial charge on any atom is -0.381 e. The molecule has 10 nitrogen and oxygen atoms in total. The minimum atomic E-state index is -0.270. The number of nitrogen functional groups attached to an aromatic ring is 1. The number of nitrogens with one attached hydrogen (secondary N) is 1. The summed E-state index contributed by atoms with van der Waals surface area (Å²) >= 11 is 0. The molecule has 10 heteroatoms. The van der Waals surface area contributed by atoms with Gasteiger partial charge in [0.1, 0.15) is 5.82 Å². The Labute approximate surface area is 149 Å². The van der Waals surface area contributed by atoms with Crippen LogP contribution in [-0.2, 0) is 11.8 Å². The highest BCUT2D eigenvalue weighted by molar-refractivity contribution is 5.68. The molecule has 3 aromatic rings. The molecule has 3 heterocycles. The van der Waals surface area contributed by atoms with E-state index in [1.807, 2.05) is 26.2 Å². The number of carbonyl (C=O) groups excluding carboxylic acids is 1. The van der Waals surface area contributed by atoms with E-state index in [9.17, 15) is 4.79 Å². The van der Waals surface area contributed by atoms with Gasteiger partial charge < -0.3 is 11.1 Å². The fourth-order valence-corrected chi connectivity index (χ4v) is 2.41. The summed E-state index contributed by atoms with van der Waals surface area (Å²) in [6, 6.07) is 3.24. The van der Waals surface area contributed by atoms with Crippen molar-refractivity contribution in [2.75, 3.05) is 16.1 Å². The monoisotopic (exact) mass is 353 g/mol. The van der Waals surface area contributed by atoms with Crippen molar-refractivity contribution in [3.05, 3.63) is 42.5 Å². The Bertz CT molecular complexity index is 906. The summed E-state index contributed by atoms with van der Waals surface area (Å²) in [7, 11) is 1.82. The standard InChI is InChI=1S/C16H19N9O/c1-10(11-3-4-14(19-5-11)21-9-26)25(18)16-15(17)20-7-13(23-16)12-6-22-24(2)8-12/h3-10H,18H2,1-2H3,(H2,17,20)(H,19,21,26). The lowest BCUT2D eigenvalue weighted by molar-refractivity contribution is -0.105. The smallest absolute Gasteiger partial charge is 0.212 e. The molecule has 1 amide bonds. The minimum absolute atomic E-state index is 0.221. The van der Waals surface area contributed by atoms with Crippen molar-refractivity contribution >= 4 is 23.9 Å². The lowest BCUT2D eigenvalue weighted by Gasteiger charge is -2.26. The van der Waals surface area contributed by atoms with E-state index in [0.717, 1.165) is 11.1 Å². The Hall–Kier alpha value is -3.53. The molecule has 0 spiro atoms. The Balaban J connectivity index is 1.88. The Morgan fingerprint density at radius 3 is 2.69 bits per heavy atom. The third-order valence-corrected chi connectivity index (χ3v) is 3.92. The van der Waals surface area contributed by atoms with Gasteiger partial charge in [-0.05, 0) is 18.6 Å². The van der Waals surface area contributed by atoms with Crippen LogP contribution in [0.25, 0.3) is 11.3 Å². The van der Waals surface area contributed by atoms with Crippen LogP contribution < -0.4 is 21.9 Å². The van der Waals surface area contributed by atoms with Gasteiger partial charge in [-0.3, -0.25) is 14.5 Å². The van der Waals surface area contributed by atoms with E-state index in [0.29, 0.717) is 23.7 Å². The number of amides is 1. The number of aryl methyl sites for hydroxylation is 1. The molecule has 3 rings (SSSR count). The summed E-state index contributed by atoms with van der Waals surface area (Å²) < 4.78 is 1.68. The van der Waals surface area contributed by atoms with Crippen LogP contribution in [-0.4, -0.2) is 31.1 Å². The highest BCUT2D eigenvalue weighted by Crippen LogP contribution is 2.28. The number of pyridine rings is 1. The van der Waals surface area contributed by atoms with Crippen LogP contribution in [0.2, 0.25) is 0 Å². The van der Waals surface area contributed by atoms with Crippen molar-refractivity contribution in [2.24, 2.45) is 12.9 Å². The average Bonchev–Trinajstić information content (AvgIpc) is 3.08. The van der Waals surface area contributed by atoms with Crippen molar-refractivity contribution in [3.8, 4) is 11.3 Å². The maximum absolute atomic E-state index is 10.5. The van der Waals surface area contributed by atoms with Gasteiger partial charge in [0.15, 0.2) is 11.6 Å². The van der Waals surface area contributed by atoms with Gasteiger partial charge in [-0.1, -0.05) is 6.07 Å². The van der Waals surface area contributed by atoms with Crippen LogP contribution in [0.5, 0.6) is 0 Å². The number of rotatable bonds is 6. The van der Waals surface area contributed by atoms with E-state index in [2.05, 4.69) is 25.4 Å². The first-order valence-corrected chi connectivity index (χ1v) is 7.81. The first kappa shape index (κ1) is 17.3. The Morgan fingerprint density at radius 2 is 2.08 bits per heavy atom. The van der Waals surface area contributed by atoms with Crippen molar-refractivity contribution in [1.82, 2.24) is 24.7 Å². The number of carbonyl (C=O) groups is 1. The van der Waals surface area contributed by atoms with Crippen LogP contribution in [0.4, 0.5) is 17.5 Å².